The number of amides is 1. The standard InChI is InChI=1S/C11H9ClN4O2/c1-6-7(2-4-9(12)13-6)14-11(18)8-3-5-10(17)16-15-8/h2-5H,1H3,(H,14,18)(H,16,17). The maximum atomic E-state index is 11.8. The molecule has 2 heterocycles. The van der Waals surface area contributed by atoms with Crippen LogP contribution in [0.15, 0.2) is 29.1 Å². The van der Waals surface area contributed by atoms with E-state index in [0.29, 0.717) is 16.5 Å². The molecule has 2 aromatic rings. The van der Waals surface area contributed by atoms with Crippen molar-refractivity contribution in [3.63, 3.8) is 0 Å². The second-order valence-electron chi connectivity index (χ2n) is 3.53. The predicted molar refractivity (Wildman–Crippen MR) is 66.8 cm³/mol. The molecule has 0 saturated heterocycles. The van der Waals surface area contributed by atoms with Crippen LogP contribution >= 0.6 is 11.6 Å². The van der Waals surface area contributed by atoms with Crippen molar-refractivity contribution in [3.8, 4) is 0 Å². The summed E-state index contributed by atoms with van der Waals surface area (Å²) in [6.07, 6.45) is 0. The molecule has 0 aliphatic rings. The van der Waals surface area contributed by atoms with Crippen LogP contribution in [-0.4, -0.2) is 21.1 Å². The van der Waals surface area contributed by atoms with Gasteiger partial charge in [-0.3, -0.25) is 9.59 Å². The third-order valence-corrected chi connectivity index (χ3v) is 2.42. The Morgan fingerprint density at radius 1 is 1.33 bits per heavy atom. The molecule has 0 atom stereocenters. The molecule has 92 valence electrons. The normalized spacial score (nSPS) is 10.1. The minimum Gasteiger partial charge on any atom is -0.319 e. The number of anilines is 1. The Bertz CT molecular complexity index is 633. The van der Waals surface area contributed by atoms with Gasteiger partial charge in [0.05, 0.1) is 11.4 Å². The zero-order chi connectivity index (χ0) is 13.1. The van der Waals surface area contributed by atoms with Crippen molar-refractivity contribution in [1.82, 2.24) is 15.2 Å². The molecule has 7 heteroatoms. The molecule has 18 heavy (non-hydrogen) atoms. The summed E-state index contributed by atoms with van der Waals surface area (Å²) in [6, 6.07) is 5.79. The number of aromatic nitrogens is 3. The first kappa shape index (κ1) is 12.3. The Morgan fingerprint density at radius 3 is 2.72 bits per heavy atom. The molecule has 0 aliphatic heterocycles. The lowest BCUT2D eigenvalue weighted by Gasteiger charge is -2.06. The fourth-order valence-corrected chi connectivity index (χ4v) is 1.51. The summed E-state index contributed by atoms with van der Waals surface area (Å²) in [6.45, 7) is 1.72. The van der Waals surface area contributed by atoms with Crippen LogP contribution < -0.4 is 10.9 Å². The number of rotatable bonds is 2. The number of carbonyl (C=O) groups excluding carboxylic acids is 1. The Balaban J connectivity index is 2.21. The van der Waals surface area contributed by atoms with Gasteiger partial charge < -0.3 is 5.32 Å². The lowest BCUT2D eigenvalue weighted by molar-refractivity contribution is 0.102. The highest BCUT2D eigenvalue weighted by Gasteiger charge is 2.09. The first-order valence-corrected chi connectivity index (χ1v) is 5.44. The second-order valence-corrected chi connectivity index (χ2v) is 3.91. The van der Waals surface area contributed by atoms with E-state index in [9.17, 15) is 9.59 Å². The van der Waals surface area contributed by atoms with Crippen LogP contribution in [0.1, 0.15) is 16.2 Å². The van der Waals surface area contributed by atoms with Crippen LogP contribution in [0, 0.1) is 6.92 Å². The van der Waals surface area contributed by atoms with Gasteiger partial charge in [-0.15, -0.1) is 0 Å². The van der Waals surface area contributed by atoms with Crippen molar-refractivity contribution >= 4 is 23.2 Å². The minimum atomic E-state index is -0.432. The first-order chi connectivity index (χ1) is 8.56. The second kappa shape index (κ2) is 4.97. The molecule has 2 aromatic heterocycles. The van der Waals surface area contributed by atoms with Gasteiger partial charge in [-0.25, -0.2) is 10.1 Å². The van der Waals surface area contributed by atoms with Crippen LogP contribution in [0.5, 0.6) is 0 Å². The summed E-state index contributed by atoms with van der Waals surface area (Å²) in [5.41, 5.74) is 0.887. The number of H-pyrrole nitrogens is 1. The third kappa shape index (κ3) is 2.72. The van der Waals surface area contributed by atoms with E-state index in [4.69, 9.17) is 11.6 Å². The van der Waals surface area contributed by atoms with Crippen LogP contribution in [0.2, 0.25) is 5.15 Å². The van der Waals surface area contributed by atoms with E-state index in [1.807, 2.05) is 0 Å². The van der Waals surface area contributed by atoms with Gasteiger partial charge >= 0.3 is 0 Å². The number of halogens is 1. The Kier molecular flexibility index (Phi) is 3.38. The largest absolute Gasteiger partial charge is 0.319 e. The molecule has 0 unspecified atom stereocenters. The fourth-order valence-electron chi connectivity index (χ4n) is 1.32. The van der Waals surface area contributed by atoms with Crippen LogP contribution in [0.4, 0.5) is 5.69 Å². The van der Waals surface area contributed by atoms with E-state index < -0.39 is 5.91 Å². The fraction of sp³-hybridized carbons (Fsp3) is 0.0909. The van der Waals surface area contributed by atoms with Gasteiger partial charge in [0.1, 0.15) is 10.8 Å². The average Bonchev–Trinajstić information content (AvgIpc) is 2.33. The molecule has 2 rings (SSSR count). The van der Waals surface area contributed by atoms with Gasteiger partial charge in [0, 0.05) is 6.07 Å². The molecule has 0 aliphatic carbocycles. The topological polar surface area (TPSA) is 87.7 Å². The van der Waals surface area contributed by atoms with Crippen molar-refractivity contribution in [2.75, 3.05) is 5.32 Å². The molecule has 2 N–H and O–H groups in total. The number of nitrogens with one attached hydrogen (secondary N) is 2. The number of aromatic amines is 1. The Hall–Kier alpha value is -2.21. The van der Waals surface area contributed by atoms with E-state index in [1.165, 1.54) is 12.1 Å². The van der Waals surface area contributed by atoms with Crippen molar-refractivity contribution in [2.45, 2.75) is 6.92 Å². The van der Waals surface area contributed by atoms with Crippen molar-refractivity contribution < 1.29 is 4.79 Å². The number of hydrogen-bond donors (Lipinski definition) is 2. The molecule has 1 amide bonds. The van der Waals surface area contributed by atoms with Crippen LogP contribution in [-0.2, 0) is 0 Å². The summed E-state index contributed by atoms with van der Waals surface area (Å²) < 4.78 is 0. The molecular formula is C11H9ClN4O2. The van der Waals surface area contributed by atoms with Gasteiger partial charge in [0.25, 0.3) is 11.5 Å². The lowest BCUT2D eigenvalue weighted by atomic mass is 10.3. The zero-order valence-corrected chi connectivity index (χ0v) is 10.2. The molecule has 0 fully saturated rings. The minimum absolute atomic E-state index is 0.115. The molecular weight excluding hydrogens is 256 g/mol. The van der Waals surface area contributed by atoms with E-state index in [2.05, 4.69) is 20.5 Å². The smallest absolute Gasteiger partial charge is 0.276 e. The van der Waals surface area contributed by atoms with Gasteiger partial charge in [-0.1, -0.05) is 11.6 Å². The lowest BCUT2D eigenvalue weighted by Crippen LogP contribution is -2.18. The van der Waals surface area contributed by atoms with E-state index >= 15 is 0 Å². The van der Waals surface area contributed by atoms with Crippen molar-refractivity contribution in [1.29, 1.82) is 0 Å². The van der Waals surface area contributed by atoms with Gasteiger partial charge in [0.15, 0.2) is 0 Å². The van der Waals surface area contributed by atoms with Crippen molar-refractivity contribution in [3.05, 3.63) is 51.2 Å². The van der Waals surface area contributed by atoms with Gasteiger partial charge in [-0.2, -0.15) is 5.10 Å². The van der Waals surface area contributed by atoms with E-state index in [1.54, 1.807) is 19.1 Å². The zero-order valence-electron chi connectivity index (χ0n) is 9.40. The number of carbonyl (C=O) groups is 1. The Labute approximate surface area is 107 Å². The summed E-state index contributed by atoms with van der Waals surface area (Å²) in [5.74, 6) is -0.432. The Morgan fingerprint density at radius 2 is 2.11 bits per heavy atom. The van der Waals surface area contributed by atoms with Gasteiger partial charge in [-0.05, 0) is 25.1 Å². The highest BCUT2D eigenvalue weighted by molar-refractivity contribution is 6.29. The molecule has 0 aromatic carbocycles. The first-order valence-electron chi connectivity index (χ1n) is 5.06. The number of hydrogen-bond acceptors (Lipinski definition) is 4. The number of nitrogens with zero attached hydrogens (tertiary/aromatic N) is 2. The van der Waals surface area contributed by atoms with E-state index in [0.717, 1.165) is 0 Å². The van der Waals surface area contributed by atoms with Crippen molar-refractivity contribution in [2.24, 2.45) is 0 Å². The van der Waals surface area contributed by atoms with Crippen LogP contribution in [0.25, 0.3) is 0 Å². The van der Waals surface area contributed by atoms with E-state index in [-0.39, 0.29) is 11.3 Å². The summed E-state index contributed by atoms with van der Waals surface area (Å²) in [7, 11) is 0. The monoisotopic (exact) mass is 264 g/mol. The third-order valence-electron chi connectivity index (χ3n) is 2.21. The predicted octanol–water partition coefficient (Wildman–Crippen LogP) is 1.38. The van der Waals surface area contributed by atoms with Crippen LogP contribution in [0.3, 0.4) is 0 Å². The maximum absolute atomic E-state index is 11.8. The quantitative estimate of drug-likeness (QED) is 0.802. The number of aryl methyl sites for hydroxylation is 1. The molecule has 0 bridgehead atoms. The van der Waals surface area contributed by atoms with Gasteiger partial charge in [0.2, 0.25) is 0 Å². The molecule has 0 saturated carbocycles. The SMILES string of the molecule is Cc1nc(Cl)ccc1NC(=O)c1ccc(=O)[nH]n1. The molecule has 6 nitrogen and oxygen atoms in total. The summed E-state index contributed by atoms with van der Waals surface area (Å²) in [4.78, 5) is 26.6. The molecule has 0 radical (unpaired) electrons. The summed E-state index contributed by atoms with van der Waals surface area (Å²) >= 11 is 5.71. The average molecular weight is 265 g/mol. The highest BCUT2D eigenvalue weighted by Crippen LogP contribution is 2.16. The number of pyridine rings is 1. The summed E-state index contributed by atoms with van der Waals surface area (Å²) in [5, 5.41) is 8.80. The highest BCUT2D eigenvalue weighted by atomic mass is 35.5. The maximum Gasteiger partial charge on any atom is 0.276 e. The molecule has 0 spiro atoms.